The largest absolute Gasteiger partial charge is 0.480 e. The van der Waals surface area contributed by atoms with Gasteiger partial charge in [-0.2, -0.15) is 0 Å². The number of aromatic nitrogens is 1. The van der Waals surface area contributed by atoms with Crippen LogP contribution in [0.2, 0.25) is 0 Å². The summed E-state index contributed by atoms with van der Waals surface area (Å²) in [5.41, 5.74) is -0.945. The van der Waals surface area contributed by atoms with Crippen LogP contribution in [-0.4, -0.2) is 88.4 Å². The van der Waals surface area contributed by atoms with E-state index in [1.54, 1.807) is 24.4 Å². The normalized spacial score (nSPS) is 17.6. The van der Waals surface area contributed by atoms with Crippen LogP contribution >= 0.6 is 0 Å². The van der Waals surface area contributed by atoms with Crippen LogP contribution in [0.1, 0.15) is 16.8 Å². The van der Waals surface area contributed by atoms with Crippen LogP contribution in [0.5, 0.6) is 0 Å². The maximum absolute atomic E-state index is 13.8. The van der Waals surface area contributed by atoms with E-state index >= 15 is 0 Å². The van der Waals surface area contributed by atoms with Crippen molar-refractivity contribution in [3.63, 3.8) is 0 Å². The molecule has 198 valence electrons. The minimum absolute atomic E-state index is 0.0270. The van der Waals surface area contributed by atoms with Crippen LogP contribution < -0.4 is 16.0 Å². The number of carboxylic acids is 1. The number of nitrogens with zero attached hydrogens (tertiary/aromatic N) is 2. The van der Waals surface area contributed by atoms with Crippen LogP contribution in [0.25, 0.3) is 0 Å². The van der Waals surface area contributed by atoms with Gasteiger partial charge >= 0.3 is 12.1 Å². The second-order valence-electron chi connectivity index (χ2n) is 8.12. The van der Waals surface area contributed by atoms with E-state index < -0.39 is 72.4 Å². The summed E-state index contributed by atoms with van der Waals surface area (Å²) in [6.45, 7) is -0.778. The van der Waals surface area contributed by atoms with E-state index in [1.165, 1.54) is 4.90 Å². The molecular weight excluding hydrogens is 496 g/mol. The number of anilines is 1. The van der Waals surface area contributed by atoms with Gasteiger partial charge in [-0.3, -0.25) is 9.59 Å². The molecule has 37 heavy (non-hydrogen) atoms. The van der Waals surface area contributed by atoms with Crippen LogP contribution in [0.4, 0.5) is 19.4 Å². The van der Waals surface area contributed by atoms with Crippen molar-refractivity contribution in [1.29, 1.82) is 0 Å². The number of carbonyl (C=O) groups is 4. The van der Waals surface area contributed by atoms with Crippen molar-refractivity contribution in [2.24, 2.45) is 0 Å². The number of pyridine rings is 1. The number of ether oxygens (including phenoxy) is 1. The highest BCUT2D eigenvalue weighted by atomic mass is 19.1. The molecule has 0 saturated carbocycles. The topological polar surface area (TPSA) is 170 Å². The average molecular weight is 521 g/mol. The van der Waals surface area contributed by atoms with E-state index in [0.717, 1.165) is 18.2 Å². The molecule has 1 aliphatic heterocycles. The van der Waals surface area contributed by atoms with Crippen molar-refractivity contribution in [2.45, 2.75) is 24.6 Å². The molecule has 3 unspecified atom stereocenters. The molecule has 0 radical (unpaired) electrons. The van der Waals surface area contributed by atoms with E-state index in [9.17, 15) is 38.2 Å². The van der Waals surface area contributed by atoms with Crippen molar-refractivity contribution in [3.05, 3.63) is 59.8 Å². The molecule has 1 aromatic carbocycles. The maximum atomic E-state index is 13.8. The number of rotatable bonds is 11. The van der Waals surface area contributed by atoms with E-state index in [0.29, 0.717) is 12.2 Å². The Morgan fingerprint density at radius 3 is 2.46 bits per heavy atom. The minimum atomic E-state index is -1.67. The smallest absolute Gasteiger partial charge is 0.407 e. The fourth-order valence-corrected chi connectivity index (χ4v) is 3.72. The van der Waals surface area contributed by atoms with Crippen molar-refractivity contribution < 1.29 is 42.9 Å². The Labute approximate surface area is 209 Å². The molecule has 1 saturated heterocycles. The molecule has 1 aliphatic rings. The molecule has 3 amide bonds. The third kappa shape index (κ3) is 7.57. The monoisotopic (exact) mass is 521 g/mol. The Kier molecular flexibility index (Phi) is 9.27. The van der Waals surface area contributed by atoms with Crippen LogP contribution in [0, 0.1) is 11.6 Å². The number of benzene rings is 1. The molecule has 1 fully saturated rings. The molecule has 3 atom stereocenters. The summed E-state index contributed by atoms with van der Waals surface area (Å²) in [7, 11) is 0. The molecule has 0 bridgehead atoms. The SMILES string of the molecule is O=C(COC1CC(CNc2ccccn2)N(C(=O)O)C1)NCC(NC(=O)c1c(F)cccc1F)C(=O)O. The first-order valence-corrected chi connectivity index (χ1v) is 11.2. The summed E-state index contributed by atoms with van der Waals surface area (Å²) in [6.07, 6.45) is 0.169. The molecule has 12 nitrogen and oxygen atoms in total. The molecule has 3 rings (SSSR count). The highest BCUT2D eigenvalue weighted by molar-refractivity contribution is 5.97. The standard InChI is InChI=1S/C23H25F2N5O7/c24-15-4-3-5-16(25)20(15)21(32)29-17(22(33)34)10-28-19(31)12-37-14-8-13(30(11-14)23(35)36)9-27-18-6-1-2-7-26-18/h1-7,13-14,17H,8-12H2,(H,26,27)(H,28,31)(H,29,32)(H,33,34)(H,35,36). The minimum Gasteiger partial charge on any atom is -0.480 e. The number of carbonyl (C=O) groups excluding carboxylic acids is 2. The van der Waals surface area contributed by atoms with Gasteiger partial charge < -0.3 is 35.8 Å². The lowest BCUT2D eigenvalue weighted by Crippen LogP contribution is -2.49. The first kappa shape index (κ1) is 27.3. The third-order valence-corrected chi connectivity index (χ3v) is 5.55. The number of hydrogen-bond acceptors (Lipinski definition) is 7. The predicted molar refractivity (Wildman–Crippen MR) is 124 cm³/mol. The lowest BCUT2D eigenvalue weighted by atomic mass is 10.1. The van der Waals surface area contributed by atoms with Gasteiger partial charge in [-0.25, -0.2) is 23.4 Å². The van der Waals surface area contributed by atoms with Gasteiger partial charge in [-0.1, -0.05) is 12.1 Å². The molecule has 2 heterocycles. The number of carboxylic acid groups (broad SMARTS) is 2. The number of amides is 3. The van der Waals surface area contributed by atoms with Crippen molar-refractivity contribution in [1.82, 2.24) is 20.5 Å². The van der Waals surface area contributed by atoms with Crippen molar-refractivity contribution in [3.8, 4) is 0 Å². The summed E-state index contributed by atoms with van der Waals surface area (Å²) >= 11 is 0. The zero-order valence-corrected chi connectivity index (χ0v) is 19.4. The van der Waals surface area contributed by atoms with Crippen molar-refractivity contribution in [2.75, 3.05) is 31.6 Å². The third-order valence-electron chi connectivity index (χ3n) is 5.55. The Balaban J connectivity index is 1.47. The lowest BCUT2D eigenvalue weighted by Gasteiger charge is -2.21. The van der Waals surface area contributed by atoms with Gasteiger partial charge in [-0.05, 0) is 30.7 Å². The lowest BCUT2D eigenvalue weighted by molar-refractivity contribution is -0.139. The molecule has 0 aliphatic carbocycles. The number of aliphatic carboxylic acids is 1. The van der Waals surface area contributed by atoms with Gasteiger partial charge in [-0.15, -0.1) is 0 Å². The van der Waals surface area contributed by atoms with E-state index in [1.807, 2.05) is 5.32 Å². The Bertz CT molecular complexity index is 1120. The molecule has 14 heteroatoms. The second-order valence-corrected chi connectivity index (χ2v) is 8.12. The van der Waals surface area contributed by atoms with Crippen LogP contribution in [-0.2, 0) is 14.3 Å². The molecule has 2 aromatic rings. The molecule has 0 spiro atoms. The Morgan fingerprint density at radius 1 is 1.11 bits per heavy atom. The Hall–Kier alpha value is -4.33. The molecular formula is C23H25F2N5O7. The predicted octanol–water partition coefficient (Wildman–Crippen LogP) is 0.909. The first-order valence-electron chi connectivity index (χ1n) is 11.2. The highest BCUT2D eigenvalue weighted by Crippen LogP contribution is 2.21. The summed E-state index contributed by atoms with van der Waals surface area (Å²) in [4.78, 5) is 52.7. The maximum Gasteiger partial charge on any atom is 0.407 e. The average Bonchev–Trinajstić information content (AvgIpc) is 3.28. The zero-order valence-electron chi connectivity index (χ0n) is 19.4. The number of likely N-dealkylation sites (tertiary alicyclic amines) is 1. The van der Waals surface area contributed by atoms with Gasteiger partial charge in [0.15, 0.2) is 0 Å². The van der Waals surface area contributed by atoms with E-state index in [-0.39, 0.29) is 13.1 Å². The Morgan fingerprint density at radius 2 is 1.84 bits per heavy atom. The van der Waals surface area contributed by atoms with Crippen LogP contribution in [0.15, 0.2) is 42.6 Å². The number of hydrogen-bond donors (Lipinski definition) is 5. The highest BCUT2D eigenvalue weighted by Gasteiger charge is 2.36. The van der Waals surface area contributed by atoms with Crippen molar-refractivity contribution >= 4 is 29.7 Å². The zero-order chi connectivity index (χ0) is 26.9. The fourth-order valence-electron chi connectivity index (χ4n) is 3.72. The van der Waals surface area contributed by atoms with Gasteiger partial charge in [0.1, 0.15) is 35.7 Å². The molecule has 1 aromatic heterocycles. The van der Waals surface area contributed by atoms with Gasteiger partial charge in [0, 0.05) is 19.3 Å². The van der Waals surface area contributed by atoms with E-state index in [4.69, 9.17) is 4.74 Å². The molecule has 5 N–H and O–H groups in total. The van der Waals surface area contributed by atoms with Gasteiger partial charge in [0.2, 0.25) is 5.91 Å². The van der Waals surface area contributed by atoms with Crippen LogP contribution in [0.3, 0.4) is 0 Å². The fraction of sp³-hybridized carbons (Fsp3) is 0.348. The number of nitrogens with one attached hydrogen (secondary N) is 3. The number of halogens is 2. The quantitative estimate of drug-likeness (QED) is 0.288. The second kappa shape index (κ2) is 12.6. The van der Waals surface area contributed by atoms with Gasteiger partial charge in [0.05, 0.1) is 18.7 Å². The van der Waals surface area contributed by atoms with Gasteiger partial charge in [0.25, 0.3) is 5.91 Å². The summed E-state index contributed by atoms with van der Waals surface area (Å²) < 4.78 is 33.1. The summed E-state index contributed by atoms with van der Waals surface area (Å²) in [5, 5.41) is 26.1. The first-order chi connectivity index (χ1) is 17.7. The van der Waals surface area contributed by atoms with E-state index in [2.05, 4.69) is 15.6 Å². The summed E-state index contributed by atoms with van der Waals surface area (Å²) in [5.74, 6) is -5.32. The summed E-state index contributed by atoms with van der Waals surface area (Å²) in [6, 6.07) is 5.90.